The zero-order chi connectivity index (χ0) is 29.3. The van der Waals surface area contributed by atoms with E-state index in [1.54, 1.807) is 0 Å². The number of rotatable bonds is 8. The Kier molecular flexibility index (Phi) is 7.52. The molecule has 0 radical (unpaired) electrons. The molecule has 0 N–H and O–H groups in total. The quantitative estimate of drug-likeness (QED) is 0.0742. The van der Waals surface area contributed by atoms with E-state index in [0.717, 1.165) is 4.90 Å². The molecule has 0 fully saturated rings. The van der Waals surface area contributed by atoms with Crippen molar-refractivity contribution in [3.05, 3.63) is 127 Å². The fourth-order valence-corrected chi connectivity index (χ4v) is 4.35. The minimum atomic E-state index is -0.832. The van der Waals surface area contributed by atoms with Crippen molar-refractivity contribution in [2.75, 3.05) is 11.5 Å². The van der Waals surface area contributed by atoms with Crippen molar-refractivity contribution >= 4 is 58.1 Å². The fraction of sp³-hybridized carbons (Fsp3) is 0.0345. The van der Waals surface area contributed by atoms with Gasteiger partial charge in [0.1, 0.15) is 11.5 Å². The van der Waals surface area contributed by atoms with Gasteiger partial charge in [-0.25, -0.2) is 9.69 Å². The number of hydrogen-bond donors (Lipinski definition) is 0. The van der Waals surface area contributed by atoms with Gasteiger partial charge in [-0.1, -0.05) is 29.3 Å². The van der Waals surface area contributed by atoms with Crippen LogP contribution in [0.1, 0.15) is 41.4 Å². The molecule has 1 aliphatic rings. The van der Waals surface area contributed by atoms with Gasteiger partial charge in [0.05, 0.1) is 37.3 Å². The van der Waals surface area contributed by atoms with Gasteiger partial charge in [0.25, 0.3) is 17.5 Å². The van der Waals surface area contributed by atoms with E-state index >= 15 is 0 Å². The Morgan fingerprint density at radius 3 is 1.90 bits per heavy atom. The zero-order valence-corrected chi connectivity index (χ0v) is 22.2. The van der Waals surface area contributed by atoms with Crippen LogP contribution in [0.15, 0.2) is 84.9 Å². The Hall–Kier alpha value is -5.06. The highest BCUT2D eigenvalue weighted by Gasteiger charge is 2.37. The summed E-state index contributed by atoms with van der Waals surface area (Å²) >= 11 is 12.0. The standard InChI is InChI=1S/C29H16Cl2N2O8/c30-24-13-22-23(14-25(24)31)28(36)32(27(22)35)19-3-1-2-17(12-19)29(37)40-15-26(34)16-4-8-20(9-5-16)41-21-10-6-18(7-11-21)33(38)39/h1-14H,15H2. The third-order valence-corrected chi connectivity index (χ3v) is 6.78. The minimum Gasteiger partial charge on any atom is -0.457 e. The van der Waals surface area contributed by atoms with Crippen LogP contribution >= 0.6 is 23.2 Å². The summed E-state index contributed by atoms with van der Waals surface area (Å²) in [5.74, 6) is -1.79. The number of hydrogen-bond acceptors (Lipinski definition) is 8. The molecule has 10 nitrogen and oxygen atoms in total. The van der Waals surface area contributed by atoms with Crippen LogP contribution in [-0.4, -0.2) is 35.1 Å². The predicted octanol–water partition coefficient (Wildman–Crippen LogP) is 6.53. The van der Waals surface area contributed by atoms with Crippen LogP contribution < -0.4 is 9.64 Å². The summed E-state index contributed by atoms with van der Waals surface area (Å²) in [5.41, 5.74) is 0.520. The van der Waals surface area contributed by atoms with Crippen LogP contribution in [0, 0.1) is 10.1 Å². The summed E-state index contributed by atoms with van der Waals surface area (Å²) in [6.07, 6.45) is 0. The summed E-state index contributed by atoms with van der Waals surface area (Å²) in [6, 6.07) is 19.9. The molecule has 2 amide bonds. The van der Waals surface area contributed by atoms with Gasteiger partial charge in [0, 0.05) is 17.7 Å². The number of Topliss-reactive ketones (excluding diaryl/α,β-unsaturated/α-hetero) is 1. The molecule has 0 bridgehead atoms. The Balaban J connectivity index is 1.21. The van der Waals surface area contributed by atoms with Gasteiger partial charge in [-0.3, -0.25) is 24.5 Å². The van der Waals surface area contributed by atoms with Crippen LogP contribution in [0.4, 0.5) is 11.4 Å². The number of imide groups is 1. The first kappa shape index (κ1) is 27.5. The lowest BCUT2D eigenvalue weighted by Gasteiger charge is -2.14. The van der Waals surface area contributed by atoms with Crippen molar-refractivity contribution in [1.82, 2.24) is 0 Å². The molecule has 1 heterocycles. The number of anilines is 1. The second kappa shape index (κ2) is 11.2. The summed E-state index contributed by atoms with van der Waals surface area (Å²) in [7, 11) is 0. The lowest BCUT2D eigenvalue weighted by Crippen LogP contribution is -2.29. The number of amides is 2. The van der Waals surface area contributed by atoms with E-state index in [9.17, 15) is 29.3 Å². The number of benzene rings is 4. The van der Waals surface area contributed by atoms with Crippen LogP contribution in [0.25, 0.3) is 0 Å². The molecule has 5 rings (SSSR count). The highest BCUT2D eigenvalue weighted by atomic mass is 35.5. The maximum Gasteiger partial charge on any atom is 0.338 e. The van der Waals surface area contributed by atoms with E-state index in [4.69, 9.17) is 32.7 Å². The maximum absolute atomic E-state index is 12.9. The van der Waals surface area contributed by atoms with Crippen molar-refractivity contribution < 1.29 is 33.6 Å². The van der Waals surface area contributed by atoms with Gasteiger partial charge in [-0.2, -0.15) is 0 Å². The molecule has 1 aliphatic heterocycles. The highest BCUT2D eigenvalue weighted by molar-refractivity contribution is 6.44. The average Bonchev–Trinajstić information content (AvgIpc) is 3.20. The first-order valence-electron chi connectivity index (χ1n) is 11.8. The van der Waals surface area contributed by atoms with E-state index in [1.807, 2.05) is 0 Å². The smallest absolute Gasteiger partial charge is 0.338 e. The molecule has 0 saturated carbocycles. The van der Waals surface area contributed by atoms with Crippen molar-refractivity contribution in [3.8, 4) is 11.5 Å². The van der Waals surface area contributed by atoms with Crippen molar-refractivity contribution in [2.45, 2.75) is 0 Å². The molecule has 41 heavy (non-hydrogen) atoms. The van der Waals surface area contributed by atoms with Crippen molar-refractivity contribution in [1.29, 1.82) is 0 Å². The number of non-ortho nitro benzene ring substituents is 1. The first-order chi connectivity index (χ1) is 19.6. The number of ether oxygens (including phenoxy) is 2. The highest BCUT2D eigenvalue weighted by Crippen LogP contribution is 2.34. The lowest BCUT2D eigenvalue weighted by molar-refractivity contribution is -0.384. The monoisotopic (exact) mass is 590 g/mol. The third-order valence-electron chi connectivity index (χ3n) is 6.06. The molecular weight excluding hydrogens is 575 g/mol. The van der Waals surface area contributed by atoms with E-state index in [1.165, 1.54) is 84.9 Å². The molecule has 0 aromatic heterocycles. The van der Waals surface area contributed by atoms with Gasteiger partial charge in [-0.15, -0.1) is 0 Å². The topological polar surface area (TPSA) is 133 Å². The van der Waals surface area contributed by atoms with Crippen LogP contribution in [0.3, 0.4) is 0 Å². The number of nitro groups is 1. The van der Waals surface area contributed by atoms with Crippen LogP contribution in [0.2, 0.25) is 10.0 Å². The number of esters is 1. The van der Waals surface area contributed by atoms with Gasteiger partial charge in [0.15, 0.2) is 12.4 Å². The number of carbonyl (C=O) groups is 4. The first-order valence-corrected chi connectivity index (χ1v) is 12.6. The fourth-order valence-electron chi connectivity index (χ4n) is 4.02. The molecule has 204 valence electrons. The Labute approximate surface area is 241 Å². The average molecular weight is 591 g/mol. The largest absolute Gasteiger partial charge is 0.457 e. The van der Waals surface area contributed by atoms with Gasteiger partial charge >= 0.3 is 5.97 Å². The lowest BCUT2D eigenvalue weighted by atomic mass is 10.1. The Morgan fingerprint density at radius 2 is 1.34 bits per heavy atom. The van der Waals surface area contributed by atoms with Crippen LogP contribution in [0.5, 0.6) is 11.5 Å². The normalized spacial score (nSPS) is 12.2. The Morgan fingerprint density at radius 1 is 0.780 bits per heavy atom. The van der Waals surface area contributed by atoms with Crippen LogP contribution in [-0.2, 0) is 4.74 Å². The minimum absolute atomic E-state index is 0.0229. The zero-order valence-electron chi connectivity index (χ0n) is 20.7. The number of ketones is 1. The van der Waals surface area contributed by atoms with Gasteiger partial charge in [-0.05, 0) is 66.7 Å². The predicted molar refractivity (Wildman–Crippen MR) is 148 cm³/mol. The molecule has 0 saturated heterocycles. The molecule has 0 aliphatic carbocycles. The molecule has 0 atom stereocenters. The molecular formula is C29H16Cl2N2O8. The van der Waals surface area contributed by atoms with Gasteiger partial charge < -0.3 is 9.47 Å². The number of nitrogens with zero attached hydrogens (tertiary/aromatic N) is 2. The van der Waals surface area contributed by atoms with Crippen molar-refractivity contribution in [3.63, 3.8) is 0 Å². The molecule has 4 aromatic carbocycles. The molecule has 4 aromatic rings. The number of nitro benzene ring substituents is 1. The second-order valence-corrected chi connectivity index (χ2v) is 9.50. The molecule has 0 unspecified atom stereocenters. The van der Waals surface area contributed by atoms with E-state index in [2.05, 4.69) is 0 Å². The number of carbonyl (C=O) groups excluding carboxylic acids is 4. The SMILES string of the molecule is O=C(COC(=O)c1cccc(N2C(=O)c3cc(Cl)c(Cl)cc3C2=O)c1)c1ccc(Oc2ccc([N+](=O)[O-])cc2)cc1. The molecule has 12 heteroatoms. The van der Waals surface area contributed by atoms with E-state index in [-0.39, 0.29) is 43.7 Å². The van der Waals surface area contributed by atoms with Crippen molar-refractivity contribution in [2.24, 2.45) is 0 Å². The summed E-state index contributed by atoms with van der Waals surface area (Å²) in [4.78, 5) is 62.2. The van der Waals surface area contributed by atoms with E-state index in [0.29, 0.717) is 11.5 Å². The maximum atomic E-state index is 12.9. The molecule has 0 spiro atoms. The summed E-state index contributed by atoms with van der Waals surface area (Å²) in [5, 5.41) is 11.0. The van der Waals surface area contributed by atoms with Gasteiger partial charge in [0.2, 0.25) is 0 Å². The number of halogens is 2. The summed E-state index contributed by atoms with van der Waals surface area (Å²) < 4.78 is 10.8. The number of fused-ring (bicyclic) bond motifs is 1. The second-order valence-electron chi connectivity index (χ2n) is 8.68. The Bertz CT molecular complexity index is 1700. The van der Waals surface area contributed by atoms with E-state index < -0.39 is 35.1 Å². The third kappa shape index (κ3) is 5.65. The summed E-state index contributed by atoms with van der Waals surface area (Å²) in [6.45, 7) is -0.560.